The quantitative estimate of drug-likeness (QED) is 0.746. The van der Waals surface area contributed by atoms with Crippen molar-refractivity contribution in [1.29, 1.82) is 0 Å². The molecule has 18 heavy (non-hydrogen) atoms. The summed E-state index contributed by atoms with van der Waals surface area (Å²) in [4.78, 5) is 8.43. The summed E-state index contributed by atoms with van der Waals surface area (Å²) in [5, 5.41) is 0. The van der Waals surface area contributed by atoms with Crippen molar-refractivity contribution >= 4 is 16.9 Å². The summed E-state index contributed by atoms with van der Waals surface area (Å²) in [7, 11) is 1.61. The minimum absolute atomic E-state index is 0.473. The van der Waals surface area contributed by atoms with E-state index in [0.717, 1.165) is 5.56 Å². The third kappa shape index (κ3) is 1.66. The van der Waals surface area contributed by atoms with E-state index in [2.05, 4.69) is 9.97 Å². The van der Waals surface area contributed by atoms with Crippen LogP contribution in [-0.4, -0.2) is 17.1 Å². The average Bonchev–Trinajstić information content (AvgIpc) is 2.81. The van der Waals surface area contributed by atoms with Crippen LogP contribution in [0.4, 0.5) is 5.69 Å². The second-order valence-corrected chi connectivity index (χ2v) is 3.81. The average molecular weight is 241 g/mol. The van der Waals surface area contributed by atoms with Crippen LogP contribution in [-0.2, 0) is 0 Å². The van der Waals surface area contributed by atoms with E-state index in [1.54, 1.807) is 19.4 Å². The van der Waals surface area contributed by atoms with Crippen LogP contribution in [0.25, 0.3) is 22.7 Å². The van der Waals surface area contributed by atoms with Crippen LogP contribution in [0, 0.1) is 0 Å². The number of rotatable bonds is 2. The topological polar surface area (TPSA) is 74.2 Å². The van der Waals surface area contributed by atoms with E-state index >= 15 is 0 Å². The van der Waals surface area contributed by atoms with Gasteiger partial charge in [-0.15, -0.1) is 0 Å². The molecule has 0 aliphatic carbocycles. The van der Waals surface area contributed by atoms with Gasteiger partial charge in [-0.25, -0.2) is 4.98 Å². The summed E-state index contributed by atoms with van der Waals surface area (Å²) >= 11 is 0. The van der Waals surface area contributed by atoms with Gasteiger partial charge in [-0.3, -0.25) is 0 Å². The highest BCUT2D eigenvalue weighted by Crippen LogP contribution is 2.31. The Bertz CT molecular complexity index is 706. The zero-order chi connectivity index (χ0) is 12.5. The molecule has 1 aromatic carbocycles. The summed E-state index contributed by atoms with van der Waals surface area (Å²) in [5.74, 6) is 1.18. The van der Waals surface area contributed by atoms with Gasteiger partial charge in [-0.1, -0.05) is 12.1 Å². The van der Waals surface area contributed by atoms with Crippen molar-refractivity contribution in [3.05, 3.63) is 36.5 Å². The van der Waals surface area contributed by atoms with Crippen molar-refractivity contribution in [2.45, 2.75) is 0 Å². The normalized spacial score (nSPS) is 10.7. The summed E-state index contributed by atoms with van der Waals surface area (Å²) in [6.45, 7) is 0. The first kappa shape index (κ1) is 10.6. The fraction of sp³-hybridized carbons (Fsp3) is 0.0769. The fourth-order valence-corrected chi connectivity index (χ4v) is 1.77. The summed E-state index contributed by atoms with van der Waals surface area (Å²) in [5.41, 5.74) is 8.09. The van der Waals surface area contributed by atoms with Crippen LogP contribution >= 0.6 is 0 Å². The number of oxazole rings is 1. The largest absolute Gasteiger partial charge is 0.496 e. The lowest BCUT2D eigenvalue weighted by Gasteiger charge is -2.03. The Labute approximate surface area is 103 Å². The van der Waals surface area contributed by atoms with E-state index in [-0.39, 0.29) is 0 Å². The lowest BCUT2D eigenvalue weighted by molar-refractivity contribution is 0.414. The molecule has 2 heterocycles. The van der Waals surface area contributed by atoms with Crippen LogP contribution in [0.2, 0.25) is 0 Å². The third-order valence-electron chi connectivity index (χ3n) is 2.61. The fourth-order valence-electron chi connectivity index (χ4n) is 1.77. The number of hydrogen-bond acceptors (Lipinski definition) is 5. The van der Waals surface area contributed by atoms with Crippen molar-refractivity contribution in [2.75, 3.05) is 12.8 Å². The Balaban J connectivity index is 2.19. The van der Waals surface area contributed by atoms with Crippen LogP contribution in [0.15, 0.2) is 40.9 Å². The first-order chi connectivity index (χ1) is 8.78. The molecule has 0 bridgehead atoms. The van der Waals surface area contributed by atoms with E-state index < -0.39 is 0 Å². The first-order valence-electron chi connectivity index (χ1n) is 5.43. The molecule has 3 rings (SSSR count). The Morgan fingerprint density at radius 3 is 2.94 bits per heavy atom. The Hall–Kier alpha value is -2.56. The number of pyridine rings is 1. The van der Waals surface area contributed by atoms with Crippen molar-refractivity contribution < 1.29 is 9.15 Å². The third-order valence-corrected chi connectivity index (χ3v) is 2.61. The zero-order valence-corrected chi connectivity index (χ0v) is 9.75. The molecule has 0 unspecified atom stereocenters. The number of nitrogens with zero attached hydrogens (tertiary/aromatic N) is 2. The smallest absolute Gasteiger partial charge is 0.232 e. The molecular formula is C13H11N3O2. The number of nitrogens with two attached hydrogens (primary N) is 1. The Morgan fingerprint density at radius 2 is 2.11 bits per heavy atom. The maximum absolute atomic E-state index is 5.65. The van der Waals surface area contributed by atoms with Crippen molar-refractivity contribution in [1.82, 2.24) is 9.97 Å². The molecule has 0 amide bonds. The van der Waals surface area contributed by atoms with E-state index in [9.17, 15) is 0 Å². The molecule has 3 aromatic rings. The molecule has 0 spiro atoms. The highest BCUT2D eigenvalue weighted by atomic mass is 16.5. The molecule has 90 valence electrons. The van der Waals surface area contributed by atoms with Crippen molar-refractivity contribution in [2.24, 2.45) is 0 Å². The number of para-hydroxylation sites is 1. The summed E-state index contributed by atoms with van der Waals surface area (Å²) in [6, 6.07) is 9.23. The van der Waals surface area contributed by atoms with Gasteiger partial charge < -0.3 is 14.9 Å². The number of nitrogen functional groups attached to an aromatic ring is 1. The minimum atomic E-state index is 0.473. The molecule has 2 aromatic heterocycles. The Morgan fingerprint density at radius 1 is 1.28 bits per heavy atom. The predicted octanol–water partition coefficient (Wildman–Crippen LogP) is 2.48. The van der Waals surface area contributed by atoms with Gasteiger partial charge in [0, 0.05) is 6.07 Å². The second-order valence-electron chi connectivity index (χ2n) is 3.81. The summed E-state index contributed by atoms with van der Waals surface area (Å²) < 4.78 is 10.9. The van der Waals surface area contributed by atoms with E-state index in [0.29, 0.717) is 28.6 Å². The van der Waals surface area contributed by atoms with E-state index in [4.69, 9.17) is 14.9 Å². The molecule has 0 saturated heterocycles. The molecular weight excluding hydrogens is 230 g/mol. The highest BCUT2D eigenvalue weighted by Gasteiger charge is 2.13. The first-order valence-corrected chi connectivity index (χ1v) is 5.43. The monoisotopic (exact) mass is 241 g/mol. The highest BCUT2D eigenvalue weighted by molar-refractivity contribution is 5.76. The molecule has 2 N–H and O–H groups in total. The molecule has 0 saturated carbocycles. The second kappa shape index (κ2) is 4.03. The predicted molar refractivity (Wildman–Crippen MR) is 68.2 cm³/mol. The molecule has 5 heteroatoms. The van der Waals surface area contributed by atoms with Gasteiger partial charge >= 0.3 is 0 Å². The number of aromatic nitrogens is 2. The number of fused-ring (bicyclic) bond motifs is 1. The number of methoxy groups -OCH3 is 1. The lowest BCUT2D eigenvalue weighted by Crippen LogP contribution is -1.87. The summed E-state index contributed by atoms with van der Waals surface area (Å²) in [6.07, 6.45) is 1.55. The molecule has 0 fully saturated rings. The zero-order valence-electron chi connectivity index (χ0n) is 9.75. The number of anilines is 1. The van der Waals surface area contributed by atoms with Gasteiger partial charge in [0.1, 0.15) is 5.75 Å². The van der Waals surface area contributed by atoms with Gasteiger partial charge in [-0.05, 0) is 12.1 Å². The molecule has 0 aliphatic heterocycles. The number of ether oxygens (including phenoxy) is 1. The lowest BCUT2D eigenvalue weighted by atomic mass is 10.2. The van der Waals surface area contributed by atoms with Crippen LogP contribution < -0.4 is 10.5 Å². The molecule has 0 aliphatic rings. The molecule has 0 radical (unpaired) electrons. The van der Waals surface area contributed by atoms with E-state index in [1.807, 2.05) is 24.3 Å². The minimum Gasteiger partial charge on any atom is -0.496 e. The van der Waals surface area contributed by atoms with Gasteiger partial charge in [-0.2, -0.15) is 4.98 Å². The number of benzene rings is 1. The van der Waals surface area contributed by atoms with Crippen molar-refractivity contribution in [3.8, 4) is 17.2 Å². The standard InChI is InChI=1S/C13H11N3O2/c1-17-10-5-3-2-4-9(10)13-16-12-11(18-13)6-8(14)7-15-12/h2-7H,14H2,1H3. The maximum atomic E-state index is 5.65. The van der Waals surface area contributed by atoms with Crippen molar-refractivity contribution in [3.63, 3.8) is 0 Å². The van der Waals surface area contributed by atoms with Crippen LogP contribution in [0.5, 0.6) is 5.75 Å². The van der Waals surface area contributed by atoms with Crippen LogP contribution in [0.1, 0.15) is 0 Å². The Kier molecular flexibility index (Phi) is 2.37. The molecule has 0 atom stereocenters. The van der Waals surface area contributed by atoms with Crippen LogP contribution in [0.3, 0.4) is 0 Å². The molecule has 5 nitrogen and oxygen atoms in total. The van der Waals surface area contributed by atoms with E-state index in [1.165, 1.54) is 0 Å². The number of hydrogen-bond donors (Lipinski definition) is 1. The SMILES string of the molecule is COc1ccccc1-c1nc2ncc(N)cc2o1. The van der Waals surface area contributed by atoms with Gasteiger partial charge in [0.25, 0.3) is 0 Å². The van der Waals surface area contributed by atoms with Gasteiger partial charge in [0.05, 0.1) is 24.6 Å². The van der Waals surface area contributed by atoms with Gasteiger partial charge in [0.15, 0.2) is 11.2 Å². The van der Waals surface area contributed by atoms with Gasteiger partial charge in [0.2, 0.25) is 5.89 Å². The maximum Gasteiger partial charge on any atom is 0.232 e.